The van der Waals surface area contributed by atoms with E-state index in [-0.39, 0.29) is 5.79 Å². The van der Waals surface area contributed by atoms with Crippen molar-refractivity contribution in [1.82, 2.24) is 0 Å². The van der Waals surface area contributed by atoms with Crippen molar-refractivity contribution in [1.29, 1.82) is 0 Å². The molecular formula is C11H16O2S2. The lowest BCUT2D eigenvalue weighted by Gasteiger charge is -2.43. The molecule has 2 saturated heterocycles. The lowest BCUT2D eigenvalue weighted by molar-refractivity contribution is -0.187. The van der Waals surface area contributed by atoms with Gasteiger partial charge in [0.15, 0.2) is 5.79 Å². The maximum atomic E-state index is 5.93. The van der Waals surface area contributed by atoms with Gasteiger partial charge in [-0.3, -0.25) is 0 Å². The SMILES string of the molecule is CCC1CC2(OCCO2)C2C=CSC2S1. The highest BCUT2D eigenvalue weighted by Crippen LogP contribution is 2.54. The molecule has 3 rings (SSSR count). The highest BCUT2D eigenvalue weighted by molar-refractivity contribution is 8.18. The zero-order valence-electron chi connectivity index (χ0n) is 8.85. The van der Waals surface area contributed by atoms with Crippen LogP contribution in [0.2, 0.25) is 0 Å². The summed E-state index contributed by atoms with van der Waals surface area (Å²) in [6.07, 6.45) is 4.54. The third-order valence-electron chi connectivity index (χ3n) is 3.37. The van der Waals surface area contributed by atoms with Gasteiger partial charge in [-0.15, -0.1) is 23.5 Å². The van der Waals surface area contributed by atoms with Crippen LogP contribution in [0.3, 0.4) is 0 Å². The third-order valence-corrected chi connectivity index (χ3v) is 6.36. The summed E-state index contributed by atoms with van der Waals surface area (Å²) in [6, 6.07) is 0. The summed E-state index contributed by atoms with van der Waals surface area (Å²) >= 11 is 4.03. The second-order valence-electron chi connectivity index (χ2n) is 4.24. The molecule has 0 amide bonds. The fraction of sp³-hybridized carbons (Fsp3) is 0.818. The van der Waals surface area contributed by atoms with Gasteiger partial charge in [0.2, 0.25) is 0 Å². The molecule has 4 heteroatoms. The summed E-state index contributed by atoms with van der Waals surface area (Å²) in [4.78, 5) is 0. The van der Waals surface area contributed by atoms with Crippen molar-refractivity contribution in [3.63, 3.8) is 0 Å². The second-order valence-corrected chi connectivity index (χ2v) is 7.04. The van der Waals surface area contributed by atoms with Gasteiger partial charge in [-0.2, -0.15) is 0 Å². The molecule has 15 heavy (non-hydrogen) atoms. The normalized spacial score (nSPS) is 42.3. The van der Waals surface area contributed by atoms with Crippen molar-refractivity contribution in [2.45, 2.75) is 35.4 Å². The van der Waals surface area contributed by atoms with Crippen LogP contribution in [0.1, 0.15) is 19.8 Å². The first-order valence-electron chi connectivity index (χ1n) is 5.59. The van der Waals surface area contributed by atoms with E-state index in [9.17, 15) is 0 Å². The molecular weight excluding hydrogens is 228 g/mol. The standard InChI is InChI=1S/C11H16O2S2/c1-2-8-7-11(12-4-5-13-11)9-3-6-14-10(9)15-8/h3,6,8-10H,2,4-5,7H2,1H3. The summed E-state index contributed by atoms with van der Waals surface area (Å²) in [5.41, 5.74) is 0. The molecule has 0 bridgehead atoms. The zero-order valence-corrected chi connectivity index (χ0v) is 10.5. The van der Waals surface area contributed by atoms with E-state index in [1.807, 2.05) is 11.8 Å². The van der Waals surface area contributed by atoms with E-state index in [4.69, 9.17) is 9.47 Å². The first-order chi connectivity index (χ1) is 7.34. The van der Waals surface area contributed by atoms with Crippen molar-refractivity contribution >= 4 is 23.5 Å². The molecule has 0 aromatic carbocycles. The number of fused-ring (bicyclic) bond motifs is 2. The van der Waals surface area contributed by atoms with Crippen molar-refractivity contribution in [2.24, 2.45) is 5.92 Å². The van der Waals surface area contributed by atoms with Crippen LogP contribution in [0.25, 0.3) is 0 Å². The molecule has 0 radical (unpaired) electrons. The number of thioether (sulfide) groups is 2. The van der Waals surface area contributed by atoms with Crippen molar-refractivity contribution in [3.05, 3.63) is 11.5 Å². The van der Waals surface area contributed by atoms with E-state index in [1.165, 1.54) is 6.42 Å². The fourth-order valence-electron chi connectivity index (χ4n) is 2.57. The van der Waals surface area contributed by atoms with E-state index in [0.717, 1.165) is 19.6 Å². The highest BCUT2D eigenvalue weighted by Gasteiger charge is 2.53. The number of hydrogen-bond acceptors (Lipinski definition) is 4. The minimum Gasteiger partial charge on any atom is -0.347 e. The van der Waals surface area contributed by atoms with Crippen molar-refractivity contribution < 1.29 is 9.47 Å². The molecule has 0 aromatic rings. The fourth-order valence-corrected chi connectivity index (χ4v) is 5.74. The van der Waals surface area contributed by atoms with E-state index >= 15 is 0 Å². The smallest absolute Gasteiger partial charge is 0.177 e. The second kappa shape index (κ2) is 3.99. The summed E-state index contributed by atoms with van der Waals surface area (Å²) in [5.74, 6) is 0.175. The summed E-state index contributed by atoms with van der Waals surface area (Å²) in [7, 11) is 0. The summed E-state index contributed by atoms with van der Waals surface area (Å²) < 4.78 is 12.5. The summed E-state index contributed by atoms with van der Waals surface area (Å²) in [6.45, 7) is 3.79. The van der Waals surface area contributed by atoms with E-state index in [0.29, 0.717) is 15.7 Å². The molecule has 0 saturated carbocycles. The molecule has 2 nitrogen and oxygen atoms in total. The Morgan fingerprint density at radius 2 is 2.20 bits per heavy atom. The average molecular weight is 244 g/mol. The Morgan fingerprint density at radius 3 is 2.93 bits per heavy atom. The van der Waals surface area contributed by atoms with Crippen LogP contribution in [0, 0.1) is 5.92 Å². The Bertz CT molecular complexity index is 274. The Morgan fingerprint density at radius 1 is 1.40 bits per heavy atom. The van der Waals surface area contributed by atoms with Crippen LogP contribution in [-0.2, 0) is 9.47 Å². The quantitative estimate of drug-likeness (QED) is 0.705. The first-order valence-corrected chi connectivity index (χ1v) is 7.48. The number of ether oxygens (including phenoxy) is 2. The minimum atomic E-state index is -0.281. The van der Waals surface area contributed by atoms with Crippen LogP contribution in [0.5, 0.6) is 0 Å². The molecule has 3 aliphatic rings. The maximum absolute atomic E-state index is 5.93. The molecule has 3 unspecified atom stereocenters. The molecule has 84 valence electrons. The lowest BCUT2D eigenvalue weighted by atomic mass is 9.94. The van der Waals surface area contributed by atoms with Gasteiger partial charge in [0, 0.05) is 11.7 Å². The van der Waals surface area contributed by atoms with Crippen molar-refractivity contribution in [3.8, 4) is 0 Å². The predicted octanol–water partition coefficient (Wildman–Crippen LogP) is 2.85. The molecule has 0 N–H and O–H groups in total. The molecule has 0 aromatic heterocycles. The van der Waals surface area contributed by atoms with Gasteiger partial charge in [-0.05, 0) is 11.8 Å². The largest absolute Gasteiger partial charge is 0.347 e. The Labute approximate surface area is 99.2 Å². The van der Waals surface area contributed by atoms with Gasteiger partial charge in [0.05, 0.1) is 23.7 Å². The van der Waals surface area contributed by atoms with Gasteiger partial charge in [-0.1, -0.05) is 13.0 Å². The predicted molar refractivity (Wildman–Crippen MR) is 64.9 cm³/mol. The Balaban J connectivity index is 1.86. The van der Waals surface area contributed by atoms with Gasteiger partial charge >= 0.3 is 0 Å². The van der Waals surface area contributed by atoms with Crippen LogP contribution in [-0.4, -0.2) is 28.8 Å². The first kappa shape index (κ1) is 10.5. The van der Waals surface area contributed by atoms with Gasteiger partial charge in [0.25, 0.3) is 0 Å². The minimum absolute atomic E-state index is 0.281. The number of hydrogen-bond donors (Lipinski definition) is 0. The molecule has 3 aliphatic heterocycles. The van der Waals surface area contributed by atoms with Gasteiger partial charge < -0.3 is 9.47 Å². The van der Waals surface area contributed by atoms with Crippen LogP contribution in [0.4, 0.5) is 0 Å². The van der Waals surface area contributed by atoms with Gasteiger partial charge in [0.1, 0.15) is 0 Å². The van der Waals surface area contributed by atoms with Crippen LogP contribution in [0.15, 0.2) is 11.5 Å². The molecule has 2 fully saturated rings. The Kier molecular flexibility index (Phi) is 2.79. The molecule has 1 spiro atoms. The monoisotopic (exact) mass is 244 g/mol. The molecule has 3 atom stereocenters. The molecule has 3 heterocycles. The van der Waals surface area contributed by atoms with Crippen LogP contribution >= 0.6 is 23.5 Å². The average Bonchev–Trinajstić information content (AvgIpc) is 2.87. The van der Waals surface area contributed by atoms with E-state index in [1.54, 1.807) is 0 Å². The molecule has 0 aliphatic carbocycles. The summed E-state index contributed by atoms with van der Waals surface area (Å²) in [5, 5.41) is 2.91. The third kappa shape index (κ3) is 1.66. The highest BCUT2D eigenvalue weighted by atomic mass is 32.2. The number of rotatable bonds is 1. The van der Waals surface area contributed by atoms with Gasteiger partial charge in [-0.25, -0.2) is 0 Å². The topological polar surface area (TPSA) is 18.5 Å². The van der Waals surface area contributed by atoms with Crippen molar-refractivity contribution in [2.75, 3.05) is 13.2 Å². The lowest BCUT2D eigenvalue weighted by Crippen LogP contribution is -2.47. The van der Waals surface area contributed by atoms with E-state index < -0.39 is 0 Å². The van der Waals surface area contributed by atoms with Crippen LogP contribution < -0.4 is 0 Å². The Hall–Kier alpha value is 0.360. The zero-order chi connectivity index (χ0) is 10.3. The maximum Gasteiger partial charge on any atom is 0.177 e. The van der Waals surface area contributed by atoms with E-state index in [2.05, 4.69) is 30.2 Å².